The van der Waals surface area contributed by atoms with Crippen molar-refractivity contribution in [2.24, 2.45) is 35.0 Å². The summed E-state index contributed by atoms with van der Waals surface area (Å²) in [5, 5.41) is 9.83. The van der Waals surface area contributed by atoms with Crippen molar-refractivity contribution in [1.29, 1.82) is 0 Å². The molecule has 0 aromatic rings. The molecule has 6 atom stereocenters. The normalized spacial score (nSPS) is 32.6. The Balaban J connectivity index is 0.000000335. The molecule has 0 aromatic carbocycles. The molecule has 3 aliphatic rings. The zero-order valence-electron chi connectivity index (χ0n) is 23.5. The van der Waals surface area contributed by atoms with Crippen LogP contribution in [-0.2, 0) is 0 Å². The van der Waals surface area contributed by atoms with Gasteiger partial charge in [0, 0.05) is 0 Å². The van der Waals surface area contributed by atoms with Crippen LogP contribution in [0.4, 0.5) is 0 Å². The SMILES string of the molecule is C#C.C=C1C(=C(C)C)C[C@@H](C)CC1C.C[C@H](CCCC(C)(C)O)C1CCC2CCCC[C@@]21C. The lowest BCUT2D eigenvalue weighted by Gasteiger charge is -2.43. The molecule has 3 saturated carbocycles. The fourth-order valence-corrected chi connectivity index (χ4v) is 7.23. The van der Waals surface area contributed by atoms with Gasteiger partial charge in [0.05, 0.1) is 5.60 Å². The quantitative estimate of drug-likeness (QED) is 0.408. The molecule has 0 amide bonds. The van der Waals surface area contributed by atoms with Crippen LogP contribution in [0.2, 0.25) is 0 Å². The second-order valence-electron chi connectivity index (χ2n) is 12.8. The van der Waals surface area contributed by atoms with Crippen LogP contribution in [0.5, 0.6) is 0 Å². The van der Waals surface area contributed by atoms with Gasteiger partial charge >= 0.3 is 0 Å². The van der Waals surface area contributed by atoms with Crippen molar-refractivity contribution >= 4 is 0 Å². The van der Waals surface area contributed by atoms with Crippen molar-refractivity contribution in [3.05, 3.63) is 23.3 Å². The molecule has 0 aliphatic heterocycles. The van der Waals surface area contributed by atoms with Crippen molar-refractivity contribution in [3.8, 4) is 12.8 Å². The molecule has 190 valence electrons. The summed E-state index contributed by atoms with van der Waals surface area (Å²) < 4.78 is 0. The second-order valence-corrected chi connectivity index (χ2v) is 12.8. The number of allylic oxidation sites excluding steroid dienone is 3. The molecule has 33 heavy (non-hydrogen) atoms. The zero-order chi connectivity index (χ0) is 25.4. The maximum absolute atomic E-state index is 9.83. The van der Waals surface area contributed by atoms with E-state index >= 15 is 0 Å². The van der Waals surface area contributed by atoms with Gasteiger partial charge in [-0.15, -0.1) is 12.8 Å². The molecule has 3 aliphatic carbocycles. The lowest BCUT2D eigenvalue weighted by Crippen LogP contribution is -2.34. The highest BCUT2D eigenvalue weighted by Crippen LogP contribution is 2.58. The van der Waals surface area contributed by atoms with E-state index in [1.807, 2.05) is 13.8 Å². The molecular weight excluding hydrogens is 400 g/mol. The Morgan fingerprint density at radius 1 is 1.15 bits per heavy atom. The summed E-state index contributed by atoms with van der Waals surface area (Å²) in [5.41, 5.74) is 4.53. The molecule has 1 nitrogen and oxygen atoms in total. The Morgan fingerprint density at radius 3 is 2.36 bits per heavy atom. The Hall–Kier alpha value is -1.00. The molecule has 0 spiro atoms. The van der Waals surface area contributed by atoms with E-state index in [4.69, 9.17) is 0 Å². The van der Waals surface area contributed by atoms with Crippen LogP contribution in [-0.4, -0.2) is 10.7 Å². The number of fused-ring (bicyclic) bond motifs is 1. The van der Waals surface area contributed by atoms with E-state index in [1.165, 1.54) is 80.9 Å². The van der Waals surface area contributed by atoms with E-state index in [-0.39, 0.29) is 0 Å². The van der Waals surface area contributed by atoms with E-state index in [1.54, 1.807) is 0 Å². The summed E-state index contributed by atoms with van der Waals surface area (Å²) in [6, 6.07) is 0. The Labute approximate surface area is 207 Å². The van der Waals surface area contributed by atoms with Crippen molar-refractivity contribution in [1.82, 2.24) is 0 Å². The largest absolute Gasteiger partial charge is 0.390 e. The molecule has 0 bridgehead atoms. The standard InChI is InChI=1S/C18H34O.C12H20.C2H2/c1-14(8-7-12-17(2,3)19)16-11-10-15-9-5-6-13-18(15,16)4;1-8(2)12-7-9(3)6-10(4)11(12)5;1-2/h14-16,19H,5-13H2,1-4H3;9-10H,5-7H2,1-4H3;1-2H/t14-,15?,16?,18+;9-,10?;/m10./s1. The monoisotopic (exact) mass is 456 g/mol. The van der Waals surface area contributed by atoms with Gasteiger partial charge in [-0.05, 0) is 119 Å². The van der Waals surface area contributed by atoms with Crippen LogP contribution < -0.4 is 0 Å². The summed E-state index contributed by atoms with van der Waals surface area (Å²) in [7, 11) is 0. The molecule has 3 rings (SSSR count). The Bertz CT molecular complexity index is 656. The summed E-state index contributed by atoms with van der Waals surface area (Å²) >= 11 is 0. The van der Waals surface area contributed by atoms with Crippen LogP contribution in [0.3, 0.4) is 0 Å². The van der Waals surface area contributed by atoms with E-state index in [0.717, 1.165) is 30.1 Å². The number of aliphatic hydroxyl groups is 1. The van der Waals surface area contributed by atoms with Crippen molar-refractivity contribution in [2.45, 2.75) is 132 Å². The van der Waals surface area contributed by atoms with Crippen molar-refractivity contribution in [3.63, 3.8) is 0 Å². The number of hydrogen-bond acceptors (Lipinski definition) is 1. The van der Waals surface area contributed by atoms with Crippen LogP contribution in [0.1, 0.15) is 126 Å². The van der Waals surface area contributed by atoms with Gasteiger partial charge in [0.25, 0.3) is 0 Å². The van der Waals surface area contributed by atoms with Crippen molar-refractivity contribution < 1.29 is 5.11 Å². The Morgan fingerprint density at radius 2 is 1.79 bits per heavy atom. The molecule has 0 heterocycles. The van der Waals surface area contributed by atoms with Gasteiger partial charge in [0.1, 0.15) is 0 Å². The first-order valence-electron chi connectivity index (χ1n) is 13.8. The third kappa shape index (κ3) is 8.62. The number of hydrogen-bond donors (Lipinski definition) is 1. The summed E-state index contributed by atoms with van der Waals surface area (Å²) in [6.07, 6.45) is 22.8. The molecule has 1 N–H and O–H groups in total. The molecule has 0 aromatic heterocycles. The minimum absolute atomic E-state index is 0.479. The van der Waals surface area contributed by atoms with Gasteiger partial charge in [0.15, 0.2) is 0 Å². The molecule has 1 heteroatoms. The highest BCUT2D eigenvalue weighted by atomic mass is 16.3. The highest BCUT2D eigenvalue weighted by molar-refractivity contribution is 5.35. The second kappa shape index (κ2) is 13.2. The molecule has 0 radical (unpaired) electrons. The van der Waals surface area contributed by atoms with Crippen LogP contribution >= 0.6 is 0 Å². The van der Waals surface area contributed by atoms with E-state index in [2.05, 4.69) is 61.0 Å². The van der Waals surface area contributed by atoms with Gasteiger partial charge in [-0.1, -0.05) is 65.5 Å². The lowest BCUT2D eigenvalue weighted by molar-refractivity contribution is 0.0522. The van der Waals surface area contributed by atoms with Gasteiger partial charge in [-0.2, -0.15) is 0 Å². The maximum atomic E-state index is 9.83. The fraction of sp³-hybridized carbons (Fsp3) is 0.812. The summed E-state index contributed by atoms with van der Waals surface area (Å²) in [5.74, 6) is 4.34. The minimum Gasteiger partial charge on any atom is -0.390 e. The van der Waals surface area contributed by atoms with Crippen LogP contribution in [0.15, 0.2) is 23.3 Å². The lowest BCUT2D eigenvalue weighted by atomic mass is 9.62. The summed E-state index contributed by atoms with van der Waals surface area (Å²) in [6.45, 7) is 22.1. The van der Waals surface area contributed by atoms with Gasteiger partial charge < -0.3 is 5.11 Å². The third-order valence-electron chi connectivity index (χ3n) is 9.15. The van der Waals surface area contributed by atoms with Crippen molar-refractivity contribution in [2.75, 3.05) is 0 Å². The van der Waals surface area contributed by atoms with E-state index in [0.29, 0.717) is 11.3 Å². The average molecular weight is 457 g/mol. The highest BCUT2D eigenvalue weighted by Gasteiger charge is 2.48. The molecule has 3 unspecified atom stereocenters. The smallest absolute Gasteiger partial charge is 0.0591 e. The van der Waals surface area contributed by atoms with E-state index < -0.39 is 5.60 Å². The number of terminal acetylenes is 1. The van der Waals surface area contributed by atoms with E-state index in [9.17, 15) is 5.11 Å². The molecule has 0 saturated heterocycles. The fourth-order valence-electron chi connectivity index (χ4n) is 7.23. The summed E-state index contributed by atoms with van der Waals surface area (Å²) in [4.78, 5) is 0. The zero-order valence-corrected chi connectivity index (χ0v) is 23.5. The predicted molar refractivity (Wildman–Crippen MR) is 147 cm³/mol. The molecule has 3 fully saturated rings. The van der Waals surface area contributed by atoms with Gasteiger partial charge in [-0.3, -0.25) is 0 Å². The van der Waals surface area contributed by atoms with Crippen LogP contribution in [0, 0.1) is 47.9 Å². The van der Waals surface area contributed by atoms with Crippen LogP contribution in [0.25, 0.3) is 0 Å². The maximum Gasteiger partial charge on any atom is 0.0591 e. The molecular formula is C32H56O. The predicted octanol–water partition coefficient (Wildman–Crippen LogP) is 9.36. The third-order valence-corrected chi connectivity index (χ3v) is 9.15. The minimum atomic E-state index is -0.479. The average Bonchev–Trinajstić information content (AvgIpc) is 3.08. The Kier molecular flexibility index (Phi) is 12.0. The number of rotatable bonds is 5. The topological polar surface area (TPSA) is 20.2 Å². The van der Waals surface area contributed by atoms with Gasteiger partial charge in [-0.25, -0.2) is 0 Å². The first kappa shape index (κ1) is 30.0. The first-order chi connectivity index (χ1) is 15.3. The van der Waals surface area contributed by atoms with Gasteiger partial charge in [0.2, 0.25) is 0 Å². The first-order valence-corrected chi connectivity index (χ1v) is 13.8.